The van der Waals surface area contributed by atoms with Crippen molar-refractivity contribution in [1.29, 1.82) is 0 Å². The zero-order chi connectivity index (χ0) is 16.1. The largest absolute Gasteiger partial charge is 0.478 e. The van der Waals surface area contributed by atoms with Gasteiger partial charge in [0.05, 0.1) is 18.7 Å². The van der Waals surface area contributed by atoms with Crippen LogP contribution in [0.3, 0.4) is 0 Å². The van der Waals surface area contributed by atoms with Crippen LogP contribution in [-0.4, -0.2) is 53.6 Å². The Morgan fingerprint density at radius 2 is 2.05 bits per heavy atom. The predicted molar refractivity (Wildman–Crippen MR) is 77.2 cm³/mol. The van der Waals surface area contributed by atoms with Gasteiger partial charge in [0, 0.05) is 13.0 Å². The molecule has 1 aliphatic heterocycles. The average Bonchev–Trinajstić information content (AvgIpc) is 2.52. The van der Waals surface area contributed by atoms with E-state index in [2.05, 4.69) is 0 Å². The second-order valence-electron chi connectivity index (χ2n) is 5.06. The number of aromatic carboxylic acids is 1. The lowest BCUT2D eigenvalue weighted by Crippen LogP contribution is -2.50. The number of benzene rings is 1. The van der Waals surface area contributed by atoms with Gasteiger partial charge in [-0.1, -0.05) is 18.2 Å². The summed E-state index contributed by atoms with van der Waals surface area (Å²) in [5.41, 5.74) is 6.00. The molecule has 7 nitrogen and oxygen atoms in total. The maximum absolute atomic E-state index is 12.2. The third kappa shape index (κ3) is 3.82. The smallest absolute Gasteiger partial charge is 0.335 e. The molecule has 0 saturated carbocycles. The van der Waals surface area contributed by atoms with Crippen molar-refractivity contribution >= 4 is 17.8 Å². The molecule has 1 fully saturated rings. The van der Waals surface area contributed by atoms with Crippen LogP contribution in [0.15, 0.2) is 24.3 Å². The van der Waals surface area contributed by atoms with Gasteiger partial charge in [0.25, 0.3) is 0 Å². The van der Waals surface area contributed by atoms with E-state index in [9.17, 15) is 14.4 Å². The van der Waals surface area contributed by atoms with Crippen molar-refractivity contribution in [3.63, 3.8) is 0 Å². The fraction of sp³-hybridized carbons (Fsp3) is 0.400. The van der Waals surface area contributed by atoms with Gasteiger partial charge in [0.2, 0.25) is 11.8 Å². The molecule has 3 N–H and O–H groups in total. The van der Waals surface area contributed by atoms with Gasteiger partial charge in [0.1, 0.15) is 0 Å². The van der Waals surface area contributed by atoms with Crippen LogP contribution in [0.2, 0.25) is 0 Å². The van der Waals surface area contributed by atoms with Crippen molar-refractivity contribution < 1.29 is 24.2 Å². The van der Waals surface area contributed by atoms with Gasteiger partial charge >= 0.3 is 5.97 Å². The van der Waals surface area contributed by atoms with E-state index in [1.54, 1.807) is 18.2 Å². The number of carbonyl (C=O) groups is 3. The van der Waals surface area contributed by atoms with Crippen LogP contribution in [0.4, 0.5) is 0 Å². The molecular weight excluding hydrogens is 288 g/mol. The monoisotopic (exact) mass is 306 g/mol. The Labute approximate surface area is 127 Å². The van der Waals surface area contributed by atoms with E-state index >= 15 is 0 Å². The highest BCUT2D eigenvalue weighted by molar-refractivity contribution is 5.89. The number of rotatable bonds is 5. The number of nitrogens with zero attached hydrogens (tertiary/aromatic N) is 1. The number of primary amides is 1. The molecular formula is C15H18N2O5. The summed E-state index contributed by atoms with van der Waals surface area (Å²) in [6.07, 6.45) is -0.264. The van der Waals surface area contributed by atoms with Gasteiger partial charge in [-0.15, -0.1) is 0 Å². The number of carboxylic acid groups (broad SMARTS) is 1. The SMILES string of the molecule is NC(=O)C1CN(C(=O)CCc2ccccc2C(=O)O)CCO1. The van der Waals surface area contributed by atoms with Gasteiger partial charge in [0.15, 0.2) is 6.10 Å². The van der Waals surface area contributed by atoms with Crippen molar-refractivity contribution in [3.8, 4) is 0 Å². The number of hydrogen-bond donors (Lipinski definition) is 2. The summed E-state index contributed by atoms with van der Waals surface area (Å²) >= 11 is 0. The summed E-state index contributed by atoms with van der Waals surface area (Å²) < 4.78 is 5.19. The first-order chi connectivity index (χ1) is 10.5. The lowest BCUT2D eigenvalue weighted by atomic mass is 10.0. The molecule has 0 spiro atoms. The summed E-state index contributed by atoms with van der Waals surface area (Å²) in [4.78, 5) is 36.0. The molecule has 1 aliphatic rings. The first kappa shape index (κ1) is 16.0. The lowest BCUT2D eigenvalue weighted by molar-refractivity contribution is -0.145. The number of amides is 2. The summed E-state index contributed by atoms with van der Waals surface area (Å²) in [7, 11) is 0. The van der Waals surface area contributed by atoms with Crippen LogP contribution >= 0.6 is 0 Å². The number of hydrogen-bond acceptors (Lipinski definition) is 4. The molecule has 22 heavy (non-hydrogen) atoms. The van der Waals surface area contributed by atoms with Crippen molar-refractivity contribution in [3.05, 3.63) is 35.4 Å². The molecule has 2 rings (SSSR count). The molecule has 0 aliphatic carbocycles. The molecule has 1 atom stereocenters. The minimum Gasteiger partial charge on any atom is -0.478 e. The maximum atomic E-state index is 12.2. The molecule has 0 aromatic heterocycles. The van der Waals surface area contributed by atoms with E-state index in [0.29, 0.717) is 18.5 Å². The van der Waals surface area contributed by atoms with Crippen LogP contribution < -0.4 is 5.73 Å². The topological polar surface area (TPSA) is 110 Å². The molecule has 7 heteroatoms. The van der Waals surface area contributed by atoms with Crippen molar-refractivity contribution in [1.82, 2.24) is 4.90 Å². The van der Waals surface area contributed by atoms with Crippen LogP contribution in [0.25, 0.3) is 0 Å². The van der Waals surface area contributed by atoms with E-state index < -0.39 is 18.0 Å². The highest BCUT2D eigenvalue weighted by Crippen LogP contribution is 2.13. The molecule has 0 radical (unpaired) electrons. The molecule has 1 heterocycles. The zero-order valence-corrected chi connectivity index (χ0v) is 12.0. The first-order valence-electron chi connectivity index (χ1n) is 6.99. The third-order valence-electron chi connectivity index (χ3n) is 3.59. The maximum Gasteiger partial charge on any atom is 0.335 e. The van der Waals surface area contributed by atoms with Gasteiger partial charge in [-0.2, -0.15) is 0 Å². The number of carboxylic acids is 1. The van der Waals surface area contributed by atoms with Crippen LogP contribution in [0.5, 0.6) is 0 Å². The summed E-state index contributed by atoms with van der Waals surface area (Å²) in [6.45, 7) is 0.822. The Morgan fingerprint density at radius 1 is 1.32 bits per heavy atom. The van der Waals surface area contributed by atoms with Gasteiger partial charge in [-0.3, -0.25) is 9.59 Å². The van der Waals surface area contributed by atoms with Crippen molar-refractivity contribution in [2.75, 3.05) is 19.7 Å². The van der Waals surface area contributed by atoms with E-state index in [0.717, 1.165) is 0 Å². The molecule has 0 bridgehead atoms. The Hall–Kier alpha value is -2.41. The Balaban J connectivity index is 1.95. The number of ether oxygens (including phenoxy) is 1. The second-order valence-corrected chi connectivity index (χ2v) is 5.06. The van der Waals surface area contributed by atoms with E-state index in [1.807, 2.05) is 0 Å². The molecule has 2 amide bonds. The van der Waals surface area contributed by atoms with Gasteiger partial charge in [-0.05, 0) is 18.1 Å². The Bertz CT molecular complexity index is 587. The summed E-state index contributed by atoms with van der Waals surface area (Å²) in [5.74, 6) is -1.74. The molecule has 1 aromatic carbocycles. The Kier molecular flexibility index (Phi) is 5.11. The number of aryl methyl sites for hydroxylation is 1. The standard InChI is InChI=1S/C15H18N2O5/c16-14(19)12-9-17(7-8-22-12)13(18)6-5-10-3-1-2-4-11(10)15(20)21/h1-4,12H,5-9H2,(H2,16,19)(H,20,21). The van der Waals surface area contributed by atoms with Crippen LogP contribution in [0, 0.1) is 0 Å². The summed E-state index contributed by atoms with van der Waals surface area (Å²) in [5, 5.41) is 9.11. The third-order valence-corrected chi connectivity index (χ3v) is 3.59. The van der Waals surface area contributed by atoms with Gasteiger partial charge < -0.3 is 20.5 Å². The van der Waals surface area contributed by atoms with Crippen molar-refractivity contribution in [2.24, 2.45) is 5.73 Å². The highest BCUT2D eigenvalue weighted by Gasteiger charge is 2.27. The fourth-order valence-electron chi connectivity index (χ4n) is 2.39. The van der Waals surface area contributed by atoms with E-state index in [-0.39, 0.29) is 31.0 Å². The molecule has 1 unspecified atom stereocenters. The quantitative estimate of drug-likeness (QED) is 0.797. The van der Waals surface area contributed by atoms with Crippen LogP contribution in [-0.2, 0) is 20.7 Å². The lowest BCUT2D eigenvalue weighted by Gasteiger charge is -2.31. The molecule has 1 aromatic rings. The number of morpholine rings is 1. The second kappa shape index (κ2) is 7.04. The minimum absolute atomic E-state index is 0.144. The minimum atomic E-state index is -1.01. The average molecular weight is 306 g/mol. The molecule has 118 valence electrons. The van der Waals surface area contributed by atoms with Crippen LogP contribution in [0.1, 0.15) is 22.3 Å². The number of nitrogens with two attached hydrogens (primary N) is 1. The predicted octanol–water partition coefficient (Wildman–Crippen LogP) is 0.0301. The van der Waals surface area contributed by atoms with E-state index in [4.69, 9.17) is 15.6 Å². The highest BCUT2D eigenvalue weighted by atomic mass is 16.5. The fourth-order valence-corrected chi connectivity index (χ4v) is 2.39. The number of carbonyl (C=O) groups excluding carboxylic acids is 2. The molecule has 1 saturated heterocycles. The zero-order valence-electron chi connectivity index (χ0n) is 12.0. The van der Waals surface area contributed by atoms with Gasteiger partial charge in [-0.25, -0.2) is 4.79 Å². The normalized spacial score (nSPS) is 18.0. The van der Waals surface area contributed by atoms with Crippen molar-refractivity contribution in [2.45, 2.75) is 18.9 Å². The van der Waals surface area contributed by atoms with E-state index in [1.165, 1.54) is 11.0 Å². The Morgan fingerprint density at radius 3 is 2.73 bits per heavy atom. The first-order valence-corrected chi connectivity index (χ1v) is 6.99. The summed E-state index contributed by atoms with van der Waals surface area (Å²) in [6, 6.07) is 6.60.